The maximum Gasteiger partial charge on any atom is 0.269 e. The lowest BCUT2D eigenvalue weighted by molar-refractivity contribution is -0.124. The summed E-state index contributed by atoms with van der Waals surface area (Å²) < 4.78 is 0. The Hall–Kier alpha value is -2.53. The maximum atomic E-state index is 12.1. The average molecular weight is 307 g/mol. The van der Waals surface area contributed by atoms with E-state index in [-0.39, 0.29) is 12.5 Å². The van der Waals surface area contributed by atoms with Crippen LogP contribution in [-0.4, -0.2) is 40.2 Å². The van der Waals surface area contributed by atoms with Gasteiger partial charge in [-0.05, 0) is 23.3 Å². The van der Waals surface area contributed by atoms with E-state index < -0.39 is 0 Å². The van der Waals surface area contributed by atoms with E-state index in [2.05, 4.69) is 17.2 Å². The number of carbonyl (C=O) groups is 1. The van der Waals surface area contributed by atoms with Crippen molar-refractivity contribution in [1.82, 2.24) is 9.91 Å². The molecule has 2 aliphatic rings. The van der Waals surface area contributed by atoms with Crippen molar-refractivity contribution in [2.45, 2.75) is 0 Å². The summed E-state index contributed by atoms with van der Waals surface area (Å²) in [4.78, 5) is 13.8. The second-order valence-corrected chi connectivity index (χ2v) is 5.75. The zero-order valence-corrected chi connectivity index (χ0v) is 12.8. The summed E-state index contributed by atoms with van der Waals surface area (Å²) in [6, 6.07) is 16.2. The molecule has 0 unspecified atom stereocenters. The lowest BCUT2D eigenvalue weighted by Crippen LogP contribution is -2.28. The fourth-order valence-corrected chi connectivity index (χ4v) is 3.11. The minimum atomic E-state index is -0.0955. The predicted molar refractivity (Wildman–Crippen MR) is 89.6 cm³/mol. The molecule has 22 heavy (non-hydrogen) atoms. The van der Waals surface area contributed by atoms with Crippen LogP contribution in [0.2, 0.25) is 0 Å². The number of thiocarbonyl (C=S) groups is 1. The van der Waals surface area contributed by atoms with E-state index in [4.69, 9.17) is 12.2 Å². The van der Waals surface area contributed by atoms with Crippen molar-refractivity contribution in [3.8, 4) is 11.1 Å². The van der Waals surface area contributed by atoms with Gasteiger partial charge >= 0.3 is 0 Å². The number of fused-ring (bicyclic) bond motifs is 3. The summed E-state index contributed by atoms with van der Waals surface area (Å²) in [6.07, 6.45) is 0. The van der Waals surface area contributed by atoms with Crippen molar-refractivity contribution in [3.05, 3.63) is 59.7 Å². The number of hydrazone groups is 1. The van der Waals surface area contributed by atoms with Gasteiger partial charge in [0, 0.05) is 18.2 Å². The topological polar surface area (TPSA) is 35.9 Å². The SMILES string of the molecule is CN1CC(=O)N(N=C2c3ccccc3-c3ccccc32)C1=S. The Labute approximate surface area is 133 Å². The second kappa shape index (κ2) is 4.74. The number of carbonyl (C=O) groups excluding carboxylic acids is 1. The van der Waals surface area contributed by atoms with E-state index in [0.717, 1.165) is 28.0 Å². The van der Waals surface area contributed by atoms with Gasteiger partial charge in [0.05, 0.1) is 5.71 Å². The van der Waals surface area contributed by atoms with E-state index in [1.54, 1.807) is 11.9 Å². The number of hydrogen-bond donors (Lipinski definition) is 0. The molecular formula is C17H13N3OS. The number of hydrogen-bond acceptors (Lipinski definition) is 3. The largest absolute Gasteiger partial charge is 0.341 e. The van der Waals surface area contributed by atoms with Crippen molar-refractivity contribution in [1.29, 1.82) is 0 Å². The third-order valence-corrected chi connectivity index (χ3v) is 4.46. The number of likely N-dealkylation sites (N-methyl/N-ethyl adjacent to an activating group) is 1. The number of amides is 1. The van der Waals surface area contributed by atoms with E-state index in [1.165, 1.54) is 5.01 Å². The Morgan fingerprint density at radius 3 is 1.91 bits per heavy atom. The van der Waals surface area contributed by atoms with Gasteiger partial charge in [-0.15, -0.1) is 0 Å². The van der Waals surface area contributed by atoms with Crippen LogP contribution in [-0.2, 0) is 4.79 Å². The van der Waals surface area contributed by atoms with Crippen molar-refractivity contribution in [3.63, 3.8) is 0 Å². The monoisotopic (exact) mass is 307 g/mol. The highest BCUT2D eigenvalue weighted by Gasteiger charge is 2.33. The first-order valence-corrected chi connectivity index (χ1v) is 7.43. The third kappa shape index (κ3) is 1.79. The lowest BCUT2D eigenvalue weighted by atomic mass is 10.1. The molecule has 0 spiro atoms. The smallest absolute Gasteiger partial charge is 0.269 e. The van der Waals surface area contributed by atoms with Crippen LogP contribution in [0.3, 0.4) is 0 Å². The summed E-state index contributed by atoms with van der Waals surface area (Å²) >= 11 is 5.30. The van der Waals surface area contributed by atoms with Crippen LogP contribution in [0.15, 0.2) is 53.6 Å². The molecule has 1 fully saturated rings. The van der Waals surface area contributed by atoms with Crippen LogP contribution in [0.4, 0.5) is 0 Å². The van der Waals surface area contributed by atoms with Gasteiger partial charge in [-0.25, -0.2) is 0 Å². The zero-order chi connectivity index (χ0) is 15.3. The van der Waals surface area contributed by atoms with Crippen LogP contribution in [0.5, 0.6) is 0 Å². The van der Waals surface area contributed by atoms with Gasteiger partial charge in [0.25, 0.3) is 5.91 Å². The molecule has 4 nitrogen and oxygen atoms in total. The Bertz CT molecular complexity index is 796. The van der Waals surface area contributed by atoms with Crippen molar-refractivity contribution in [2.75, 3.05) is 13.6 Å². The highest BCUT2D eigenvalue weighted by molar-refractivity contribution is 7.80. The van der Waals surface area contributed by atoms with Crippen LogP contribution in [0.1, 0.15) is 11.1 Å². The summed E-state index contributed by atoms with van der Waals surface area (Å²) in [7, 11) is 1.80. The Morgan fingerprint density at radius 2 is 1.45 bits per heavy atom. The van der Waals surface area contributed by atoms with Gasteiger partial charge in [0.2, 0.25) is 0 Å². The van der Waals surface area contributed by atoms with Gasteiger partial charge in [0.15, 0.2) is 5.11 Å². The first-order chi connectivity index (χ1) is 10.7. The van der Waals surface area contributed by atoms with Gasteiger partial charge in [-0.2, -0.15) is 10.1 Å². The zero-order valence-electron chi connectivity index (χ0n) is 12.0. The van der Waals surface area contributed by atoms with Gasteiger partial charge in [-0.1, -0.05) is 48.5 Å². The normalized spacial score (nSPS) is 16.1. The molecule has 4 rings (SSSR count). The van der Waals surface area contributed by atoms with Gasteiger partial charge < -0.3 is 4.90 Å². The molecule has 1 aliphatic heterocycles. The molecule has 2 aromatic carbocycles. The first kappa shape index (κ1) is 13.2. The Morgan fingerprint density at radius 1 is 0.955 bits per heavy atom. The number of nitrogens with zero attached hydrogens (tertiary/aromatic N) is 3. The van der Waals surface area contributed by atoms with E-state index in [0.29, 0.717) is 5.11 Å². The third-order valence-electron chi connectivity index (χ3n) is 3.97. The van der Waals surface area contributed by atoms with Gasteiger partial charge in [-0.3, -0.25) is 4.79 Å². The van der Waals surface area contributed by atoms with Gasteiger partial charge in [0.1, 0.15) is 6.54 Å². The van der Waals surface area contributed by atoms with Crippen LogP contribution in [0, 0.1) is 0 Å². The quantitative estimate of drug-likeness (QED) is 0.648. The van der Waals surface area contributed by atoms with Crippen molar-refractivity contribution in [2.24, 2.45) is 5.10 Å². The molecule has 0 saturated carbocycles. The molecule has 1 heterocycles. The highest BCUT2D eigenvalue weighted by atomic mass is 32.1. The Kier molecular flexibility index (Phi) is 2.84. The summed E-state index contributed by atoms with van der Waals surface area (Å²) in [5.74, 6) is -0.0955. The minimum Gasteiger partial charge on any atom is -0.341 e. The molecule has 108 valence electrons. The molecule has 1 saturated heterocycles. The first-order valence-electron chi connectivity index (χ1n) is 7.02. The molecule has 5 heteroatoms. The Balaban J connectivity index is 1.90. The van der Waals surface area contributed by atoms with E-state index in [1.807, 2.05) is 36.4 Å². The molecule has 0 aromatic heterocycles. The predicted octanol–water partition coefficient (Wildman–Crippen LogP) is 2.48. The average Bonchev–Trinajstić information content (AvgIpc) is 2.98. The summed E-state index contributed by atoms with van der Waals surface area (Å²) in [5.41, 5.74) is 5.16. The molecule has 1 aliphatic carbocycles. The maximum absolute atomic E-state index is 12.1. The molecular weight excluding hydrogens is 294 g/mol. The molecule has 0 bridgehead atoms. The van der Waals surface area contributed by atoms with Crippen LogP contribution >= 0.6 is 12.2 Å². The van der Waals surface area contributed by atoms with Crippen LogP contribution < -0.4 is 0 Å². The molecule has 0 atom stereocenters. The standard InChI is InChI=1S/C17H13N3OS/c1-19-10-15(21)20(17(19)22)18-16-13-8-4-2-6-11(13)12-7-3-5-9-14(12)16/h2-9H,10H2,1H3. The van der Waals surface area contributed by atoms with Crippen LogP contribution in [0.25, 0.3) is 11.1 Å². The number of rotatable bonds is 1. The fourth-order valence-electron chi connectivity index (χ4n) is 2.91. The summed E-state index contributed by atoms with van der Waals surface area (Å²) in [5, 5.41) is 6.37. The molecule has 1 amide bonds. The van der Waals surface area contributed by atoms with E-state index in [9.17, 15) is 4.79 Å². The second-order valence-electron chi connectivity index (χ2n) is 5.38. The molecule has 2 aromatic rings. The van der Waals surface area contributed by atoms with Crippen molar-refractivity contribution < 1.29 is 4.79 Å². The fraction of sp³-hybridized carbons (Fsp3) is 0.118. The summed E-state index contributed by atoms with van der Waals surface area (Å²) in [6.45, 7) is 0.277. The minimum absolute atomic E-state index is 0.0955. The van der Waals surface area contributed by atoms with E-state index >= 15 is 0 Å². The highest BCUT2D eigenvalue weighted by Crippen LogP contribution is 2.36. The van der Waals surface area contributed by atoms with Crippen molar-refractivity contribution >= 4 is 28.9 Å². The molecule has 0 radical (unpaired) electrons. The number of benzene rings is 2. The lowest BCUT2D eigenvalue weighted by Gasteiger charge is -2.13. The molecule has 0 N–H and O–H groups in total.